The lowest BCUT2D eigenvalue weighted by molar-refractivity contribution is 0.404. The molecular formula is C20H21NO2S. The second-order valence-electron chi connectivity index (χ2n) is 6.72. The molecule has 1 aliphatic carbocycles. The Labute approximate surface area is 143 Å². The Balaban J connectivity index is 1.71. The number of nitrogens with zero attached hydrogens (tertiary/aromatic N) is 1. The molecule has 0 bridgehead atoms. The summed E-state index contributed by atoms with van der Waals surface area (Å²) in [4.78, 5) is 0.390. The average Bonchev–Trinajstić information content (AvgIpc) is 3.18. The normalized spacial score (nSPS) is 26.6. The zero-order valence-corrected chi connectivity index (χ0v) is 14.5. The van der Waals surface area contributed by atoms with Gasteiger partial charge in [0.25, 0.3) is 0 Å². The number of benzene rings is 2. The summed E-state index contributed by atoms with van der Waals surface area (Å²) in [5.41, 5.74) is 2.30. The molecule has 2 aromatic rings. The summed E-state index contributed by atoms with van der Waals surface area (Å²) in [6, 6.07) is 17.4. The fraction of sp³-hybridized carbons (Fsp3) is 0.300. The standard InChI is InChI=1S/C20H21NO2S/c1-15-10-12-17(13-11-15)24(22,23)21-14-19(16-6-3-2-4-7-16)18-8-5-9-20(18)21/h2-7,9-13,18-20H,8,14H2,1H3/t18-,19+,20-/m0/s1. The largest absolute Gasteiger partial charge is 0.243 e. The summed E-state index contributed by atoms with van der Waals surface area (Å²) in [5.74, 6) is 0.596. The van der Waals surface area contributed by atoms with E-state index in [0.29, 0.717) is 17.4 Å². The van der Waals surface area contributed by atoms with E-state index in [9.17, 15) is 8.42 Å². The van der Waals surface area contributed by atoms with Gasteiger partial charge in [-0.05, 0) is 37.0 Å². The Morgan fingerprint density at radius 3 is 2.42 bits per heavy atom. The van der Waals surface area contributed by atoms with Crippen LogP contribution >= 0.6 is 0 Å². The number of aryl methyl sites for hydroxylation is 1. The van der Waals surface area contributed by atoms with E-state index < -0.39 is 10.0 Å². The molecule has 0 N–H and O–H groups in total. The van der Waals surface area contributed by atoms with Gasteiger partial charge in [-0.15, -0.1) is 0 Å². The van der Waals surface area contributed by atoms with Gasteiger partial charge in [-0.2, -0.15) is 4.31 Å². The second kappa shape index (κ2) is 5.87. The van der Waals surface area contributed by atoms with Gasteiger partial charge >= 0.3 is 0 Å². The molecule has 0 saturated carbocycles. The van der Waals surface area contributed by atoms with Crippen molar-refractivity contribution >= 4 is 10.0 Å². The first-order valence-corrected chi connectivity index (χ1v) is 9.81. The molecule has 0 aromatic heterocycles. The Bertz CT molecular complexity index is 856. The molecule has 0 unspecified atom stereocenters. The topological polar surface area (TPSA) is 37.4 Å². The van der Waals surface area contributed by atoms with Crippen LogP contribution in [0.3, 0.4) is 0 Å². The SMILES string of the molecule is Cc1ccc(S(=O)(=O)N2C[C@H](c3ccccc3)[C@@H]3CC=C[C@@H]32)cc1. The van der Waals surface area contributed by atoms with Crippen LogP contribution in [0, 0.1) is 12.8 Å². The fourth-order valence-corrected chi connectivity index (χ4v) is 5.63. The Morgan fingerprint density at radius 1 is 1.00 bits per heavy atom. The average molecular weight is 339 g/mol. The van der Waals surface area contributed by atoms with E-state index >= 15 is 0 Å². The molecule has 1 fully saturated rings. The van der Waals surface area contributed by atoms with Gasteiger partial charge in [0.15, 0.2) is 0 Å². The lowest BCUT2D eigenvalue weighted by atomic mass is 9.86. The van der Waals surface area contributed by atoms with E-state index in [4.69, 9.17) is 0 Å². The maximum Gasteiger partial charge on any atom is 0.243 e. The monoisotopic (exact) mass is 339 g/mol. The van der Waals surface area contributed by atoms with Crippen LogP contribution in [0.5, 0.6) is 0 Å². The van der Waals surface area contributed by atoms with Crippen LogP contribution in [0.2, 0.25) is 0 Å². The number of rotatable bonds is 3. The molecule has 3 nitrogen and oxygen atoms in total. The van der Waals surface area contributed by atoms with Crippen LogP contribution in [0.1, 0.15) is 23.5 Å². The number of sulfonamides is 1. The molecule has 124 valence electrons. The van der Waals surface area contributed by atoms with Crippen molar-refractivity contribution in [3.63, 3.8) is 0 Å². The van der Waals surface area contributed by atoms with Gasteiger partial charge < -0.3 is 0 Å². The highest BCUT2D eigenvalue weighted by atomic mass is 32.2. The number of hydrogen-bond acceptors (Lipinski definition) is 2. The molecular weight excluding hydrogens is 318 g/mol. The van der Waals surface area contributed by atoms with E-state index in [-0.39, 0.29) is 12.0 Å². The molecule has 2 aromatic carbocycles. The zero-order chi connectivity index (χ0) is 16.7. The maximum absolute atomic E-state index is 13.2. The molecule has 0 radical (unpaired) electrons. The van der Waals surface area contributed by atoms with Crippen molar-refractivity contribution in [1.29, 1.82) is 0 Å². The van der Waals surface area contributed by atoms with E-state index in [1.54, 1.807) is 16.4 Å². The van der Waals surface area contributed by atoms with Crippen LogP contribution < -0.4 is 0 Å². The summed E-state index contributed by atoms with van der Waals surface area (Å²) in [7, 11) is -3.47. The molecule has 24 heavy (non-hydrogen) atoms. The third kappa shape index (κ3) is 2.50. The number of hydrogen-bond donors (Lipinski definition) is 0. The van der Waals surface area contributed by atoms with Crippen molar-refractivity contribution in [2.24, 2.45) is 5.92 Å². The Hall–Kier alpha value is -1.91. The number of allylic oxidation sites excluding steroid dienone is 1. The van der Waals surface area contributed by atoms with Crippen LogP contribution in [0.4, 0.5) is 0 Å². The summed E-state index contributed by atoms with van der Waals surface area (Å²) < 4.78 is 28.0. The first kappa shape index (κ1) is 15.6. The van der Waals surface area contributed by atoms with Crippen LogP contribution in [0.15, 0.2) is 71.6 Å². The molecule has 4 rings (SSSR count). The molecule has 3 atom stereocenters. The van der Waals surface area contributed by atoms with Gasteiger partial charge in [0.05, 0.1) is 4.90 Å². The van der Waals surface area contributed by atoms with E-state index in [1.807, 2.05) is 37.3 Å². The Morgan fingerprint density at radius 2 is 1.71 bits per heavy atom. The number of fused-ring (bicyclic) bond motifs is 1. The summed E-state index contributed by atoms with van der Waals surface area (Å²) in [6.07, 6.45) is 5.14. The maximum atomic E-state index is 13.2. The van der Waals surface area contributed by atoms with Gasteiger partial charge in [-0.25, -0.2) is 8.42 Å². The molecule has 4 heteroatoms. The van der Waals surface area contributed by atoms with Crippen molar-refractivity contribution in [3.05, 3.63) is 77.9 Å². The van der Waals surface area contributed by atoms with Gasteiger partial charge in [-0.1, -0.05) is 60.2 Å². The molecule has 0 amide bonds. The molecule has 1 heterocycles. The first-order chi connectivity index (χ1) is 11.6. The van der Waals surface area contributed by atoms with Gasteiger partial charge in [0, 0.05) is 18.5 Å². The highest BCUT2D eigenvalue weighted by molar-refractivity contribution is 7.89. The van der Waals surface area contributed by atoms with Crippen molar-refractivity contribution in [2.75, 3.05) is 6.54 Å². The van der Waals surface area contributed by atoms with Crippen LogP contribution in [0.25, 0.3) is 0 Å². The lowest BCUT2D eigenvalue weighted by Crippen LogP contribution is -2.35. The summed E-state index contributed by atoms with van der Waals surface area (Å²) in [5, 5.41) is 0. The van der Waals surface area contributed by atoms with Crippen molar-refractivity contribution in [1.82, 2.24) is 4.31 Å². The summed E-state index contributed by atoms with van der Waals surface area (Å²) >= 11 is 0. The minimum Gasteiger partial charge on any atom is -0.207 e. The molecule has 1 aliphatic heterocycles. The van der Waals surface area contributed by atoms with Crippen molar-refractivity contribution in [3.8, 4) is 0 Å². The van der Waals surface area contributed by atoms with E-state index in [0.717, 1.165) is 12.0 Å². The second-order valence-corrected chi connectivity index (χ2v) is 8.61. The quantitative estimate of drug-likeness (QED) is 0.799. The van der Waals surface area contributed by atoms with Gasteiger partial charge in [0.2, 0.25) is 10.0 Å². The zero-order valence-electron chi connectivity index (χ0n) is 13.7. The minimum atomic E-state index is -3.47. The Kier molecular flexibility index (Phi) is 3.82. The van der Waals surface area contributed by atoms with Gasteiger partial charge in [0.1, 0.15) is 0 Å². The van der Waals surface area contributed by atoms with Crippen LogP contribution in [-0.2, 0) is 10.0 Å². The first-order valence-electron chi connectivity index (χ1n) is 8.37. The fourth-order valence-electron chi connectivity index (χ4n) is 3.98. The highest BCUT2D eigenvalue weighted by Gasteiger charge is 2.47. The van der Waals surface area contributed by atoms with E-state index in [1.165, 1.54) is 5.56 Å². The third-order valence-electron chi connectivity index (χ3n) is 5.26. The van der Waals surface area contributed by atoms with Crippen molar-refractivity contribution < 1.29 is 8.42 Å². The highest BCUT2D eigenvalue weighted by Crippen LogP contribution is 2.45. The summed E-state index contributed by atoms with van der Waals surface area (Å²) in [6.45, 7) is 2.52. The smallest absolute Gasteiger partial charge is 0.207 e. The van der Waals surface area contributed by atoms with Crippen molar-refractivity contribution in [2.45, 2.75) is 30.2 Å². The van der Waals surface area contributed by atoms with Gasteiger partial charge in [-0.3, -0.25) is 0 Å². The predicted molar refractivity (Wildman–Crippen MR) is 95.3 cm³/mol. The molecule has 2 aliphatic rings. The lowest BCUT2D eigenvalue weighted by Gasteiger charge is -2.22. The third-order valence-corrected chi connectivity index (χ3v) is 7.14. The molecule has 1 saturated heterocycles. The predicted octanol–water partition coefficient (Wildman–Crippen LogP) is 3.73. The van der Waals surface area contributed by atoms with E-state index in [2.05, 4.69) is 24.3 Å². The molecule has 0 spiro atoms. The van der Waals surface area contributed by atoms with Crippen LogP contribution in [-0.4, -0.2) is 25.3 Å². The minimum absolute atomic E-state index is 0.0264.